The number of hydrogen-bond acceptors (Lipinski definition) is 5. The van der Waals surface area contributed by atoms with Gasteiger partial charge in [0.25, 0.3) is 0 Å². The minimum Gasteiger partial charge on any atom is -0.322 e. The molecule has 19 heavy (non-hydrogen) atoms. The molecule has 2 aromatic rings. The summed E-state index contributed by atoms with van der Waals surface area (Å²) >= 11 is 1.64. The molecule has 0 amide bonds. The van der Waals surface area contributed by atoms with Gasteiger partial charge in [0.15, 0.2) is 0 Å². The van der Waals surface area contributed by atoms with Crippen LogP contribution in [0.25, 0.3) is 0 Å². The van der Waals surface area contributed by atoms with Crippen LogP contribution in [0.3, 0.4) is 0 Å². The number of nitrogens with two attached hydrogens (primary N) is 1. The van der Waals surface area contributed by atoms with Gasteiger partial charge in [0, 0.05) is 24.7 Å². The van der Waals surface area contributed by atoms with Crippen molar-refractivity contribution in [3.05, 3.63) is 46.2 Å². The van der Waals surface area contributed by atoms with Crippen molar-refractivity contribution < 1.29 is 0 Å². The van der Waals surface area contributed by atoms with Gasteiger partial charge in [-0.2, -0.15) is 0 Å². The quantitative estimate of drug-likeness (QED) is 0.881. The lowest BCUT2D eigenvalue weighted by Crippen LogP contribution is -2.23. The second-order valence-corrected chi connectivity index (χ2v) is 5.48. The summed E-state index contributed by atoms with van der Waals surface area (Å²) in [5.74, 6) is 0. The third kappa shape index (κ3) is 4.09. The van der Waals surface area contributed by atoms with Crippen molar-refractivity contribution in [3.8, 4) is 0 Å². The Balaban J connectivity index is 1.98. The summed E-state index contributed by atoms with van der Waals surface area (Å²) in [6.45, 7) is 6.79. The summed E-state index contributed by atoms with van der Waals surface area (Å²) in [6.07, 6.45) is 1.83. The first-order chi connectivity index (χ1) is 9.19. The van der Waals surface area contributed by atoms with Crippen LogP contribution < -0.4 is 5.73 Å². The largest absolute Gasteiger partial charge is 0.322 e. The fourth-order valence-electron chi connectivity index (χ4n) is 1.83. The third-order valence-electron chi connectivity index (χ3n) is 2.90. The van der Waals surface area contributed by atoms with Crippen molar-refractivity contribution in [1.82, 2.24) is 14.9 Å². The third-order valence-corrected chi connectivity index (χ3v) is 4.00. The van der Waals surface area contributed by atoms with Gasteiger partial charge in [-0.1, -0.05) is 13.0 Å². The average molecular weight is 276 g/mol. The van der Waals surface area contributed by atoms with E-state index in [1.165, 1.54) is 0 Å². The Morgan fingerprint density at radius 1 is 1.32 bits per heavy atom. The maximum absolute atomic E-state index is 5.84. The number of hydrogen-bond donors (Lipinski definition) is 1. The number of nitrogens with zero attached hydrogens (tertiary/aromatic N) is 3. The van der Waals surface area contributed by atoms with E-state index in [1.54, 1.807) is 11.3 Å². The predicted octanol–water partition coefficient (Wildman–Crippen LogP) is 2.58. The van der Waals surface area contributed by atoms with E-state index >= 15 is 0 Å². The van der Waals surface area contributed by atoms with Crippen molar-refractivity contribution in [3.63, 3.8) is 0 Å². The molecule has 0 radical (unpaired) electrons. The van der Waals surface area contributed by atoms with E-state index in [2.05, 4.69) is 33.2 Å². The van der Waals surface area contributed by atoms with E-state index in [4.69, 9.17) is 5.73 Å². The van der Waals surface area contributed by atoms with Crippen LogP contribution in [0, 0.1) is 0 Å². The summed E-state index contributed by atoms with van der Waals surface area (Å²) in [7, 11) is 0. The summed E-state index contributed by atoms with van der Waals surface area (Å²) < 4.78 is 0. The Hall–Kier alpha value is -1.30. The maximum Gasteiger partial charge on any atom is 0.109 e. The van der Waals surface area contributed by atoms with Crippen LogP contribution >= 0.6 is 11.3 Å². The van der Waals surface area contributed by atoms with Gasteiger partial charge in [0.1, 0.15) is 5.01 Å². The molecular weight excluding hydrogens is 256 g/mol. The smallest absolute Gasteiger partial charge is 0.109 e. The predicted molar refractivity (Wildman–Crippen MR) is 78.7 cm³/mol. The highest BCUT2D eigenvalue weighted by atomic mass is 32.1. The van der Waals surface area contributed by atoms with Crippen LogP contribution in [-0.2, 0) is 13.1 Å². The molecule has 2 heterocycles. The molecule has 0 aliphatic heterocycles. The summed E-state index contributed by atoms with van der Waals surface area (Å²) in [5.41, 5.74) is 8.02. The van der Waals surface area contributed by atoms with Crippen molar-refractivity contribution >= 4 is 11.3 Å². The molecule has 0 saturated carbocycles. The zero-order chi connectivity index (χ0) is 13.7. The fourth-order valence-corrected chi connectivity index (χ4v) is 2.60. The molecule has 1 unspecified atom stereocenters. The van der Waals surface area contributed by atoms with Crippen LogP contribution in [-0.4, -0.2) is 21.4 Å². The van der Waals surface area contributed by atoms with Gasteiger partial charge in [0.2, 0.25) is 0 Å². The van der Waals surface area contributed by atoms with Crippen LogP contribution in [0.2, 0.25) is 0 Å². The molecule has 0 bridgehead atoms. The molecule has 0 saturated heterocycles. The highest BCUT2D eigenvalue weighted by molar-refractivity contribution is 7.09. The normalized spacial score (nSPS) is 12.8. The topological polar surface area (TPSA) is 55.0 Å². The minimum absolute atomic E-state index is 0.0182. The van der Waals surface area contributed by atoms with Crippen LogP contribution in [0.1, 0.15) is 36.3 Å². The number of thiazole rings is 1. The van der Waals surface area contributed by atoms with E-state index in [-0.39, 0.29) is 6.04 Å². The standard InChI is InChI=1S/C14H20N4S/c1-3-18(8-12-6-4-5-7-16-12)9-13-10-19-14(17-13)11(2)15/h4-7,10-11H,3,8-9,15H2,1-2H3. The van der Waals surface area contributed by atoms with Gasteiger partial charge in [-0.3, -0.25) is 9.88 Å². The van der Waals surface area contributed by atoms with E-state index in [0.29, 0.717) is 0 Å². The first-order valence-corrected chi connectivity index (χ1v) is 7.39. The summed E-state index contributed by atoms with van der Waals surface area (Å²) in [6, 6.07) is 6.03. The molecule has 0 aliphatic carbocycles. The van der Waals surface area contributed by atoms with Crippen LogP contribution in [0.4, 0.5) is 0 Å². The van der Waals surface area contributed by atoms with Crippen molar-refractivity contribution in [2.75, 3.05) is 6.54 Å². The lowest BCUT2D eigenvalue weighted by Gasteiger charge is -2.18. The molecule has 5 heteroatoms. The lowest BCUT2D eigenvalue weighted by atomic mass is 10.3. The molecule has 0 fully saturated rings. The molecule has 0 aliphatic rings. The molecule has 4 nitrogen and oxygen atoms in total. The van der Waals surface area contributed by atoms with Crippen molar-refractivity contribution in [1.29, 1.82) is 0 Å². The molecular formula is C14H20N4S. The number of pyridine rings is 1. The van der Waals surface area contributed by atoms with E-state index in [1.807, 2.05) is 25.3 Å². The van der Waals surface area contributed by atoms with Gasteiger partial charge in [0.05, 0.1) is 17.4 Å². The minimum atomic E-state index is 0.0182. The van der Waals surface area contributed by atoms with Crippen molar-refractivity contribution in [2.45, 2.75) is 33.0 Å². The molecule has 0 aromatic carbocycles. The Kier molecular flexibility index (Phi) is 5.01. The summed E-state index contributed by atoms with van der Waals surface area (Å²) in [4.78, 5) is 11.3. The monoisotopic (exact) mass is 276 g/mol. The maximum atomic E-state index is 5.84. The molecule has 2 N–H and O–H groups in total. The average Bonchev–Trinajstić information content (AvgIpc) is 2.88. The molecule has 1 atom stereocenters. The first-order valence-electron chi connectivity index (χ1n) is 6.51. The van der Waals surface area contributed by atoms with Gasteiger partial charge < -0.3 is 5.73 Å². The van der Waals surface area contributed by atoms with Gasteiger partial charge in [-0.15, -0.1) is 11.3 Å². The highest BCUT2D eigenvalue weighted by Gasteiger charge is 2.10. The van der Waals surface area contributed by atoms with Crippen LogP contribution in [0.5, 0.6) is 0 Å². The first kappa shape index (κ1) is 14.1. The molecule has 102 valence electrons. The Morgan fingerprint density at radius 2 is 2.11 bits per heavy atom. The fraction of sp³-hybridized carbons (Fsp3) is 0.429. The lowest BCUT2D eigenvalue weighted by molar-refractivity contribution is 0.265. The zero-order valence-corrected chi connectivity index (χ0v) is 12.2. The van der Waals surface area contributed by atoms with Gasteiger partial charge in [-0.05, 0) is 25.6 Å². The van der Waals surface area contributed by atoms with E-state index in [0.717, 1.165) is 36.0 Å². The Bertz CT molecular complexity index is 495. The number of aromatic nitrogens is 2. The SMILES string of the molecule is CCN(Cc1ccccn1)Cc1csc(C(C)N)n1. The Morgan fingerprint density at radius 3 is 2.68 bits per heavy atom. The van der Waals surface area contributed by atoms with Crippen LogP contribution in [0.15, 0.2) is 29.8 Å². The van der Waals surface area contributed by atoms with Gasteiger partial charge in [-0.25, -0.2) is 4.98 Å². The van der Waals surface area contributed by atoms with E-state index < -0.39 is 0 Å². The highest BCUT2D eigenvalue weighted by Crippen LogP contribution is 2.17. The molecule has 0 spiro atoms. The second-order valence-electron chi connectivity index (χ2n) is 4.59. The van der Waals surface area contributed by atoms with E-state index in [9.17, 15) is 0 Å². The molecule has 2 aromatic heterocycles. The van der Waals surface area contributed by atoms with Crippen molar-refractivity contribution in [2.24, 2.45) is 5.73 Å². The van der Waals surface area contributed by atoms with Gasteiger partial charge >= 0.3 is 0 Å². The molecule has 2 rings (SSSR count). The summed E-state index contributed by atoms with van der Waals surface area (Å²) in [5, 5.41) is 3.10. The zero-order valence-electron chi connectivity index (χ0n) is 11.4. The number of rotatable bonds is 6. The second kappa shape index (κ2) is 6.75. The Labute approximate surface area is 118 Å².